The molecule has 2 aliphatic rings. The fraction of sp³-hybridized carbons (Fsp3) is 0.467. The van der Waals surface area contributed by atoms with Gasteiger partial charge in [-0.25, -0.2) is 17.5 Å². The van der Waals surface area contributed by atoms with Gasteiger partial charge in [-0.3, -0.25) is 9.58 Å². The predicted octanol–water partition coefficient (Wildman–Crippen LogP) is 4.72. The maximum atomic E-state index is 13.9. The van der Waals surface area contributed by atoms with Gasteiger partial charge in [0, 0.05) is 57.0 Å². The Morgan fingerprint density at radius 3 is 2.54 bits per heavy atom. The monoisotopic (exact) mass is 580 g/mol. The van der Waals surface area contributed by atoms with Gasteiger partial charge in [-0.2, -0.15) is 14.5 Å². The van der Waals surface area contributed by atoms with Crippen molar-refractivity contribution in [1.29, 1.82) is 0 Å². The zero-order chi connectivity index (χ0) is 28.7. The van der Waals surface area contributed by atoms with Crippen LogP contribution < -0.4 is 0 Å². The Bertz CT molecular complexity index is 1630. The third-order valence-electron chi connectivity index (χ3n) is 8.22. The average molecular weight is 581 g/mol. The van der Waals surface area contributed by atoms with Gasteiger partial charge in [0.15, 0.2) is 0 Å². The van der Waals surface area contributed by atoms with Crippen LogP contribution in [0.1, 0.15) is 49.9 Å². The van der Waals surface area contributed by atoms with Gasteiger partial charge in [-0.15, -0.1) is 0 Å². The Labute approximate surface area is 240 Å². The van der Waals surface area contributed by atoms with Crippen molar-refractivity contribution in [1.82, 2.24) is 28.8 Å². The molecule has 2 saturated heterocycles. The molecule has 1 atom stereocenters. The van der Waals surface area contributed by atoms with Gasteiger partial charge < -0.3 is 4.74 Å². The van der Waals surface area contributed by atoms with E-state index in [1.54, 1.807) is 27.3 Å². The smallest absolute Gasteiger partial charge is 0.246 e. The molecular weight excluding hydrogens is 543 g/mol. The maximum absolute atomic E-state index is 13.9. The summed E-state index contributed by atoms with van der Waals surface area (Å²) in [6, 6.07) is 10.6. The summed E-state index contributed by atoms with van der Waals surface area (Å²) in [4.78, 5) is 2.65. The minimum Gasteiger partial charge on any atom is -0.381 e. The van der Waals surface area contributed by atoms with E-state index in [4.69, 9.17) is 4.74 Å². The van der Waals surface area contributed by atoms with Gasteiger partial charge in [-0.05, 0) is 73.2 Å². The highest BCUT2D eigenvalue weighted by molar-refractivity contribution is 7.89. The second-order valence-corrected chi connectivity index (χ2v) is 13.5. The molecule has 1 unspecified atom stereocenters. The molecule has 2 aromatic carbocycles. The van der Waals surface area contributed by atoms with Gasteiger partial charge in [0.05, 0.1) is 29.6 Å². The van der Waals surface area contributed by atoms with E-state index >= 15 is 0 Å². The molecule has 4 aromatic rings. The number of nitrogens with zero attached hydrogens (tertiary/aromatic N) is 6. The lowest BCUT2D eigenvalue weighted by Gasteiger charge is -2.42. The van der Waals surface area contributed by atoms with Crippen molar-refractivity contribution in [3.63, 3.8) is 0 Å². The maximum Gasteiger partial charge on any atom is 0.246 e. The lowest BCUT2D eigenvalue weighted by atomic mass is 9.96. The van der Waals surface area contributed by atoms with Crippen molar-refractivity contribution in [3.8, 4) is 5.69 Å². The normalized spacial score (nSPS) is 19.9. The van der Waals surface area contributed by atoms with Crippen molar-refractivity contribution in [2.75, 3.05) is 39.4 Å². The third kappa shape index (κ3) is 5.55. The minimum absolute atomic E-state index is 0.106. The molecule has 0 saturated carbocycles. The van der Waals surface area contributed by atoms with Gasteiger partial charge in [0.2, 0.25) is 10.0 Å². The highest BCUT2D eigenvalue weighted by atomic mass is 32.2. The SMILES string of the molecule is Cc1cc2c(cnn2-c2ccc(F)cc2)cc1C1CN(S(=O)(=O)c2cnn(C3CCOCC3)c2)CCN1CC(C)C. The van der Waals surface area contributed by atoms with Gasteiger partial charge in [0.25, 0.3) is 0 Å². The van der Waals surface area contributed by atoms with E-state index in [2.05, 4.69) is 48.0 Å². The minimum atomic E-state index is -3.72. The van der Waals surface area contributed by atoms with Crippen LogP contribution in [0.5, 0.6) is 0 Å². The summed E-state index contributed by atoms with van der Waals surface area (Å²) in [5.74, 6) is 0.144. The summed E-state index contributed by atoms with van der Waals surface area (Å²) in [5.41, 5.74) is 3.86. The van der Waals surface area contributed by atoms with Crippen molar-refractivity contribution < 1.29 is 17.5 Å². The van der Waals surface area contributed by atoms with E-state index < -0.39 is 10.0 Å². The fourth-order valence-corrected chi connectivity index (χ4v) is 7.47. The Morgan fingerprint density at radius 2 is 1.80 bits per heavy atom. The zero-order valence-corrected chi connectivity index (χ0v) is 24.6. The summed E-state index contributed by atoms with van der Waals surface area (Å²) in [5, 5.41) is 9.97. The lowest BCUT2D eigenvalue weighted by Crippen LogP contribution is -2.51. The topological polar surface area (TPSA) is 85.5 Å². The summed E-state index contributed by atoms with van der Waals surface area (Å²) in [6.45, 7) is 10.1. The molecule has 41 heavy (non-hydrogen) atoms. The molecule has 0 amide bonds. The largest absolute Gasteiger partial charge is 0.381 e. The molecule has 11 heteroatoms. The van der Waals surface area contributed by atoms with E-state index in [0.717, 1.165) is 47.1 Å². The van der Waals surface area contributed by atoms with Crippen LogP contribution in [0.4, 0.5) is 4.39 Å². The molecule has 9 nitrogen and oxygen atoms in total. The molecule has 2 aliphatic heterocycles. The van der Waals surface area contributed by atoms with Crippen LogP contribution in [0, 0.1) is 18.7 Å². The first-order chi connectivity index (χ1) is 19.7. The van der Waals surface area contributed by atoms with Gasteiger partial charge >= 0.3 is 0 Å². The van der Waals surface area contributed by atoms with Crippen LogP contribution in [0.15, 0.2) is 59.9 Å². The number of hydrogen-bond donors (Lipinski definition) is 0. The van der Waals surface area contributed by atoms with Crippen LogP contribution in [-0.4, -0.2) is 76.6 Å². The van der Waals surface area contributed by atoms with Crippen LogP contribution in [0.25, 0.3) is 16.6 Å². The lowest BCUT2D eigenvalue weighted by molar-refractivity contribution is 0.0662. The third-order valence-corrected chi connectivity index (χ3v) is 10.0. The number of aryl methyl sites for hydroxylation is 1. The number of hydrogen-bond acceptors (Lipinski definition) is 6. The van der Waals surface area contributed by atoms with Crippen LogP contribution in [-0.2, 0) is 14.8 Å². The molecule has 2 aromatic heterocycles. The first kappa shape index (κ1) is 28.0. The molecule has 4 heterocycles. The zero-order valence-electron chi connectivity index (χ0n) is 23.8. The molecule has 0 N–H and O–H groups in total. The van der Waals surface area contributed by atoms with Crippen molar-refractivity contribution in [3.05, 3.63) is 71.9 Å². The van der Waals surface area contributed by atoms with Gasteiger partial charge in [0.1, 0.15) is 10.7 Å². The summed E-state index contributed by atoms with van der Waals surface area (Å²) >= 11 is 0. The molecule has 0 aliphatic carbocycles. The van der Waals surface area contributed by atoms with E-state index in [0.29, 0.717) is 38.8 Å². The Morgan fingerprint density at radius 1 is 1.05 bits per heavy atom. The highest BCUT2D eigenvalue weighted by Crippen LogP contribution is 2.34. The number of aromatic nitrogens is 4. The number of sulfonamides is 1. The molecule has 218 valence electrons. The van der Waals surface area contributed by atoms with E-state index in [-0.39, 0.29) is 22.8 Å². The van der Waals surface area contributed by atoms with Crippen LogP contribution in [0.3, 0.4) is 0 Å². The fourth-order valence-electron chi connectivity index (χ4n) is 6.09. The number of fused-ring (bicyclic) bond motifs is 1. The van der Waals surface area contributed by atoms with E-state index in [1.165, 1.54) is 18.3 Å². The van der Waals surface area contributed by atoms with Crippen molar-refractivity contribution in [2.45, 2.75) is 50.6 Å². The number of halogens is 1. The summed E-state index contributed by atoms with van der Waals surface area (Å²) < 4.78 is 51.9. The van der Waals surface area contributed by atoms with E-state index in [9.17, 15) is 12.8 Å². The molecule has 6 rings (SSSR count). The van der Waals surface area contributed by atoms with Gasteiger partial charge in [-0.1, -0.05) is 13.8 Å². The van der Waals surface area contributed by atoms with Crippen LogP contribution >= 0.6 is 0 Å². The number of ether oxygens (including phenoxy) is 1. The van der Waals surface area contributed by atoms with E-state index in [1.807, 2.05) is 10.9 Å². The van der Waals surface area contributed by atoms with Crippen molar-refractivity contribution >= 4 is 20.9 Å². The second kappa shape index (κ2) is 11.3. The molecule has 0 radical (unpaired) electrons. The molecule has 2 fully saturated rings. The molecule has 0 spiro atoms. The Hall–Kier alpha value is -3.12. The Kier molecular flexibility index (Phi) is 7.71. The summed E-state index contributed by atoms with van der Waals surface area (Å²) in [6.07, 6.45) is 6.65. The number of piperazine rings is 1. The number of rotatable bonds is 7. The molecular formula is C30H37FN6O3S. The standard InChI is InChI=1S/C30H37FN6O3S/c1-21(2)18-34-10-11-35(41(38,39)27-17-32-36(19-27)25-8-12-40-13-9-25)20-30(34)28-15-23-16-33-37(29(23)14-22(28)3)26-6-4-24(31)5-7-26/h4-7,14-17,19,21,25,30H,8-13,18,20H2,1-3H3. The second-order valence-electron chi connectivity index (χ2n) is 11.6. The summed E-state index contributed by atoms with van der Waals surface area (Å²) in [7, 11) is -3.72. The average Bonchev–Trinajstić information content (AvgIpc) is 3.62. The quantitative estimate of drug-likeness (QED) is 0.314. The molecule has 0 bridgehead atoms. The Balaban J connectivity index is 1.31. The predicted molar refractivity (Wildman–Crippen MR) is 155 cm³/mol. The highest BCUT2D eigenvalue weighted by Gasteiger charge is 2.37. The van der Waals surface area contributed by atoms with Crippen molar-refractivity contribution in [2.24, 2.45) is 5.92 Å². The first-order valence-electron chi connectivity index (χ1n) is 14.3. The first-order valence-corrected chi connectivity index (χ1v) is 15.7. The van der Waals surface area contributed by atoms with Crippen LogP contribution in [0.2, 0.25) is 0 Å². The number of benzene rings is 2.